The normalized spacial score (nSPS) is 23.9. The van der Waals surface area contributed by atoms with Crippen LogP contribution in [0.1, 0.15) is 49.0 Å². The van der Waals surface area contributed by atoms with Crippen molar-refractivity contribution >= 4 is 11.8 Å². The number of rotatable bonds is 4. The summed E-state index contributed by atoms with van der Waals surface area (Å²) in [6.45, 7) is 2.06. The van der Waals surface area contributed by atoms with Gasteiger partial charge in [-0.05, 0) is 50.7 Å². The second-order valence-electron chi connectivity index (χ2n) is 6.73. The van der Waals surface area contributed by atoms with E-state index < -0.39 is 0 Å². The summed E-state index contributed by atoms with van der Waals surface area (Å²) in [5.41, 5.74) is 0.363. The van der Waals surface area contributed by atoms with Crippen molar-refractivity contribution < 1.29 is 9.59 Å². The lowest BCUT2D eigenvalue weighted by Crippen LogP contribution is -2.41. The standard InChI is InChI=1S/C18H24N4O2/c19-12-16-4-3-11-22(16)17(23)13-20-15-7-5-14(6-8-15)18(24)21-9-1-2-10-21/h3-4,11,14-15,20H,1-2,5-10,13H2. The van der Waals surface area contributed by atoms with Crippen LogP contribution in [0.4, 0.5) is 0 Å². The van der Waals surface area contributed by atoms with Crippen molar-refractivity contribution in [3.63, 3.8) is 0 Å². The van der Waals surface area contributed by atoms with Gasteiger partial charge in [-0.25, -0.2) is 0 Å². The molecule has 0 atom stereocenters. The number of hydrogen-bond donors (Lipinski definition) is 1. The highest BCUT2D eigenvalue weighted by molar-refractivity contribution is 5.82. The van der Waals surface area contributed by atoms with Gasteiger partial charge in [-0.1, -0.05) is 0 Å². The molecule has 1 N–H and O–H groups in total. The van der Waals surface area contributed by atoms with E-state index in [0.717, 1.165) is 51.6 Å². The monoisotopic (exact) mass is 328 g/mol. The molecule has 1 saturated heterocycles. The van der Waals surface area contributed by atoms with Gasteiger partial charge in [0, 0.05) is 31.2 Å². The summed E-state index contributed by atoms with van der Waals surface area (Å²) in [6.07, 6.45) is 7.53. The van der Waals surface area contributed by atoms with Crippen LogP contribution in [0.5, 0.6) is 0 Å². The van der Waals surface area contributed by atoms with Gasteiger partial charge in [-0.3, -0.25) is 14.2 Å². The number of amides is 1. The number of carbonyl (C=O) groups excluding carboxylic acids is 2. The predicted octanol–water partition coefficient (Wildman–Crippen LogP) is 1.77. The molecule has 2 fully saturated rings. The molecule has 6 nitrogen and oxygen atoms in total. The number of carbonyl (C=O) groups is 2. The van der Waals surface area contributed by atoms with E-state index in [1.165, 1.54) is 4.57 Å². The minimum absolute atomic E-state index is 0.119. The summed E-state index contributed by atoms with van der Waals surface area (Å²) in [5, 5.41) is 12.3. The van der Waals surface area contributed by atoms with Crippen molar-refractivity contribution in [3.05, 3.63) is 24.0 Å². The maximum Gasteiger partial charge on any atom is 0.245 e. The number of nitrogens with zero attached hydrogens (tertiary/aromatic N) is 3. The third-order valence-electron chi connectivity index (χ3n) is 5.17. The molecule has 6 heteroatoms. The van der Waals surface area contributed by atoms with Crippen molar-refractivity contribution in [1.29, 1.82) is 5.26 Å². The summed E-state index contributed by atoms with van der Waals surface area (Å²) >= 11 is 0. The highest BCUT2D eigenvalue weighted by atomic mass is 16.2. The van der Waals surface area contributed by atoms with Gasteiger partial charge in [0.25, 0.3) is 0 Å². The second kappa shape index (κ2) is 7.63. The van der Waals surface area contributed by atoms with Gasteiger partial charge in [-0.2, -0.15) is 5.26 Å². The number of aromatic nitrogens is 1. The quantitative estimate of drug-likeness (QED) is 0.914. The molecule has 0 unspecified atom stereocenters. The fourth-order valence-corrected chi connectivity index (χ4v) is 3.75. The highest BCUT2D eigenvalue weighted by Gasteiger charge is 2.30. The molecule has 2 aliphatic rings. The Kier molecular flexibility index (Phi) is 5.31. The van der Waals surface area contributed by atoms with Gasteiger partial charge in [0.15, 0.2) is 0 Å². The molecule has 1 aliphatic heterocycles. The molecule has 3 rings (SSSR count). The van der Waals surface area contributed by atoms with Crippen LogP contribution in [0.15, 0.2) is 18.3 Å². The Labute approximate surface area is 142 Å². The molecule has 24 heavy (non-hydrogen) atoms. The van der Waals surface area contributed by atoms with Gasteiger partial charge in [0.2, 0.25) is 11.8 Å². The molecule has 1 aromatic heterocycles. The molecule has 1 saturated carbocycles. The van der Waals surface area contributed by atoms with Gasteiger partial charge in [-0.15, -0.1) is 0 Å². The first-order valence-corrected chi connectivity index (χ1v) is 8.82. The van der Waals surface area contributed by atoms with E-state index in [0.29, 0.717) is 11.6 Å². The largest absolute Gasteiger partial charge is 0.342 e. The van der Waals surface area contributed by atoms with E-state index in [-0.39, 0.29) is 24.4 Å². The van der Waals surface area contributed by atoms with Gasteiger partial charge >= 0.3 is 0 Å². The Balaban J connectivity index is 1.43. The molecular formula is C18H24N4O2. The summed E-state index contributed by atoms with van der Waals surface area (Å²) in [6, 6.07) is 5.62. The maximum absolute atomic E-state index is 12.4. The molecule has 0 radical (unpaired) electrons. The highest BCUT2D eigenvalue weighted by Crippen LogP contribution is 2.27. The molecule has 2 heterocycles. The van der Waals surface area contributed by atoms with Crippen LogP contribution in [0, 0.1) is 17.2 Å². The minimum Gasteiger partial charge on any atom is -0.342 e. The Bertz CT molecular complexity index is 632. The Hall–Kier alpha value is -2.13. The Morgan fingerprint density at radius 3 is 2.58 bits per heavy atom. The number of hydrogen-bond acceptors (Lipinski definition) is 4. The van der Waals surface area contributed by atoms with Crippen LogP contribution in [0.25, 0.3) is 0 Å². The SMILES string of the molecule is N#Cc1cccn1C(=O)CNC1CCC(C(=O)N2CCCC2)CC1. The fraction of sp³-hybridized carbons (Fsp3) is 0.611. The lowest BCUT2D eigenvalue weighted by Gasteiger charge is -2.30. The number of likely N-dealkylation sites (tertiary alicyclic amines) is 1. The molecule has 1 amide bonds. The van der Waals surface area contributed by atoms with Crippen molar-refractivity contribution in [2.75, 3.05) is 19.6 Å². The number of nitrogens with one attached hydrogen (secondary N) is 1. The first kappa shape index (κ1) is 16.7. The van der Waals surface area contributed by atoms with Crippen molar-refractivity contribution in [1.82, 2.24) is 14.8 Å². The third kappa shape index (κ3) is 3.68. The zero-order chi connectivity index (χ0) is 16.9. The second-order valence-corrected chi connectivity index (χ2v) is 6.73. The van der Waals surface area contributed by atoms with Crippen LogP contribution >= 0.6 is 0 Å². The van der Waals surface area contributed by atoms with E-state index in [4.69, 9.17) is 5.26 Å². The maximum atomic E-state index is 12.4. The van der Waals surface area contributed by atoms with Crippen LogP contribution in [-0.4, -0.2) is 47.0 Å². The summed E-state index contributed by atoms with van der Waals surface area (Å²) < 4.78 is 1.38. The lowest BCUT2D eigenvalue weighted by atomic mass is 9.85. The van der Waals surface area contributed by atoms with E-state index >= 15 is 0 Å². The van der Waals surface area contributed by atoms with Gasteiger partial charge < -0.3 is 10.2 Å². The van der Waals surface area contributed by atoms with Crippen molar-refractivity contribution in [2.24, 2.45) is 5.92 Å². The third-order valence-corrected chi connectivity index (χ3v) is 5.17. The molecule has 0 aromatic carbocycles. The van der Waals surface area contributed by atoms with Crippen molar-refractivity contribution in [3.8, 4) is 6.07 Å². The Morgan fingerprint density at radius 2 is 1.92 bits per heavy atom. The molecule has 1 aromatic rings. The summed E-state index contributed by atoms with van der Waals surface area (Å²) in [4.78, 5) is 26.6. The average Bonchev–Trinajstić information content (AvgIpc) is 3.30. The van der Waals surface area contributed by atoms with Gasteiger partial charge in [0.05, 0.1) is 6.54 Å². The van der Waals surface area contributed by atoms with Crippen LogP contribution in [-0.2, 0) is 4.79 Å². The smallest absolute Gasteiger partial charge is 0.245 e. The summed E-state index contributed by atoms with van der Waals surface area (Å²) in [5.74, 6) is 0.367. The number of nitriles is 1. The zero-order valence-corrected chi connectivity index (χ0v) is 13.9. The summed E-state index contributed by atoms with van der Waals surface area (Å²) in [7, 11) is 0. The zero-order valence-electron chi connectivity index (χ0n) is 13.9. The molecule has 128 valence electrons. The first-order valence-electron chi connectivity index (χ1n) is 8.82. The fourth-order valence-electron chi connectivity index (χ4n) is 3.75. The molecular weight excluding hydrogens is 304 g/mol. The minimum atomic E-state index is -0.119. The predicted molar refractivity (Wildman–Crippen MR) is 89.3 cm³/mol. The van der Waals surface area contributed by atoms with E-state index in [1.54, 1.807) is 18.3 Å². The van der Waals surface area contributed by atoms with Crippen LogP contribution < -0.4 is 5.32 Å². The van der Waals surface area contributed by atoms with Crippen LogP contribution in [0.2, 0.25) is 0 Å². The van der Waals surface area contributed by atoms with E-state index in [9.17, 15) is 9.59 Å². The van der Waals surface area contributed by atoms with E-state index in [1.807, 2.05) is 11.0 Å². The van der Waals surface area contributed by atoms with Gasteiger partial charge in [0.1, 0.15) is 11.8 Å². The first-order chi connectivity index (χ1) is 11.7. The van der Waals surface area contributed by atoms with Crippen molar-refractivity contribution in [2.45, 2.75) is 44.6 Å². The van der Waals surface area contributed by atoms with E-state index in [2.05, 4.69) is 5.32 Å². The Morgan fingerprint density at radius 1 is 1.21 bits per heavy atom. The van der Waals surface area contributed by atoms with Crippen LogP contribution in [0.3, 0.4) is 0 Å². The molecule has 0 spiro atoms. The lowest BCUT2D eigenvalue weighted by molar-refractivity contribution is -0.135. The molecule has 1 aliphatic carbocycles. The topological polar surface area (TPSA) is 78.1 Å². The molecule has 0 bridgehead atoms. The average molecular weight is 328 g/mol.